The maximum absolute atomic E-state index is 13.4. The summed E-state index contributed by atoms with van der Waals surface area (Å²) in [7, 11) is 0. The van der Waals surface area contributed by atoms with E-state index in [1.165, 1.54) is 16.3 Å². The van der Waals surface area contributed by atoms with E-state index in [1.54, 1.807) is 0 Å². The van der Waals surface area contributed by atoms with E-state index in [0.29, 0.717) is 12.8 Å². The van der Waals surface area contributed by atoms with Crippen LogP contribution < -0.4 is 5.32 Å². The van der Waals surface area contributed by atoms with Crippen molar-refractivity contribution in [2.24, 2.45) is 0 Å². The summed E-state index contributed by atoms with van der Waals surface area (Å²) in [6, 6.07) is 32.6. The molecule has 1 aliphatic rings. The minimum absolute atomic E-state index is 0.0268. The molecule has 5 rings (SSSR count). The normalized spacial score (nSPS) is 17.1. The molecule has 0 radical (unpaired) electrons. The van der Waals surface area contributed by atoms with Gasteiger partial charge < -0.3 is 5.32 Å². The zero-order valence-corrected chi connectivity index (χ0v) is 16.6. The zero-order chi connectivity index (χ0) is 20.4. The van der Waals surface area contributed by atoms with Crippen LogP contribution in [0.2, 0.25) is 0 Å². The molecule has 1 aliphatic heterocycles. The van der Waals surface area contributed by atoms with Crippen LogP contribution in [0.4, 0.5) is 5.69 Å². The molecule has 1 heterocycles. The van der Waals surface area contributed by atoms with E-state index >= 15 is 0 Å². The first-order chi connectivity index (χ1) is 14.8. The van der Waals surface area contributed by atoms with Crippen molar-refractivity contribution in [3.63, 3.8) is 0 Å². The van der Waals surface area contributed by atoms with E-state index in [2.05, 4.69) is 59.6 Å². The Morgan fingerprint density at radius 2 is 1.50 bits per heavy atom. The molecular formula is C28H21NO. The van der Waals surface area contributed by atoms with E-state index in [1.807, 2.05) is 54.6 Å². The standard InChI is InChI=1S/C28H21NO/c30-27-28(25-17-6-7-18-26(25)29-27,19-9-12-21-10-2-1-3-11-21)20-23-15-8-14-22-13-4-5-16-24(22)23/h1-8,10-11,13-18H,19-20H2,(H,29,30)/t28-/m0/s1. The molecule has 144 valence electrons. The van der Waals surface area contributed by atoms with Crippen LogP contribution in [-0.4, -0.2) is 5.91 Å². The number of fused-ring (bicyclic) bond motifs is 2. The molecule has 0 aliphatic carbocycles. The first-order valence-electron chi connectivity index (χ1n) is 10.2. The number of hydrogen-bond acceptors (Lipinski definition) is 1. The Hall–Kier alpha value is -3.83. The Morgan fingerprint density at radius 1 is 0.767 bits per heavy atom. The quantitative estimate of drug-likeness (QED) is 0.448. The van der Waals surface area contributed by atoms with Crippen molar-refractivity contribution < 1.29 is 4.79 Å². The molecule has 1 amide bonds. The number of amides is 1. The molecule has 1 atom stereocenters. The van der Waals surface area contributed by atoms with Crippen LogP contribution in [-0.2, 0) is 16.6 Å². The number of anilines is 1. The number of benzene rings is 4. The molecule has 4 aromatic rings. The second kappa shape index (κ2) is 7.54. The molecule has 1 N–H and O–H groups in total. The minimum atomic E-state index is -0.706. The fourth-order valence-electron chi connectivity index (χ4n) is 4.38. The maximum atomic E-state index is 13.4. The van der Waals surface area contributed by atoms with Gasteiger partial charge >= 0.3 is 0 Å². The highest BCUT2D eigenvalue weighted by molar-refractivity contribution is 6.07. The summed E-state index contributed by atoms with van der Waals surface area (Å²) < 4.78 is 0. The molecule has 0 saturated heterocycles. The van der Waals surface area contributed by atoms with Gasteiger partial charge in [-0.25, -0.2) is 0 Å². The average molecular weight is 387 g/mol. The third-order valence-electron chi connectivity index (χ3n) is 5.89. The predicted octanol–water partition coefficient (Wildman–Crippen LogP) is 5.71. The Kier molecular flexibility index (Phi) is 4.58. The molecule has 4 aromatic carbocycles. The lowest BCUT2D eigenvalue weighted by atomic mass is 9.73. The van der Waals surface area contributed by atoms with Gasteiger partial charge in [0.25, 0.3) is 0 Å². The summed E-state index contributed by atoms with van der Waals surface area (Å²) in [6.45, 7) is 0. The summed E-state index contributed by atoms with van der Waals surface area (Å²) in [5, 5.41) is 5.47. The van der Waals surface area contributed by atoms with Crippen molar-refractivity contribution in [2.45, 2.75) is 18.3 Å². The van der Waals surface area contributed by atoms with Crippen LogP contribution in [0, 0.1) is 11.8 Å². The number of hydrogen-bond donors (Lipinski definition) is 1. The van der Waals surface area contributed by atoms with Crippen molar-refractivity contribution in [3.05, 3.63) is 114 Å². The molecule has 0 bridgehead atoms. The summed E-state index contributed by atoms with van der Waals surface area (Å²) >= 11 is 0. The van der Waals surface area contributed by atoms with Crippen molar-refractivity contribution >= 4 is 22.4 Å². The first kappa shape index (κ1) is 18.2. The number of rotatable bonds is 3. The van der Waals surface area contributed by atoms with Crippen LogP contribution in [0.3, 0.4) is 0 Å². The lowest BCUT2D eigenvalue weighted by Crippen LogP contribution is -2.36. The largest absolute Gasteiger partial charge is 0.325 e. The Morgan fingerprint density at radius 3 is 2.40 bits per heavy atom. The number of nitrogens with one attached hydrogen (secondary N) is 1. The van der Waals surface area contributed by atoms with Crippen molar-refractivity contribution in [1.82, 2.24) is 0 Å². The molecule has 2 nitrogen and oxygen atoms in total. The Bertz CT molecular complexity index is 1290. The molecule has 0 spiro atoms. The maximum Gasteiger partial charge on any atom is 0.236 e. The molecule has 2 heteroatoms. The van der Waals surface area contributed by atoms with E-state index in [9.17, 15) is 4.79 Å². The van der Waals surface area contributed by atoms with Gasteiger partial charge in [0.2, 0.25) is 5.91 Å². The van der Waals surface area contributed by atoms with Crippen LogP contribution in [0.5, 0.6) is 0 Å². The third kappa shape index (κ3) is 3.15. The molecular weight excluding hydrogens is 366 g/mol. The SMILES string of the molecule is O=C1Nc2ccccc2[C@]1(CC#Cc1ccccc1)Cc1cccc2ccccc12. The highest BCUT2D eigenvalue weighted by atomic mass is 16.2. The van der Waals surface area contributed by atoms with Crippen LogP contribution in [0.15, 0.2) is 97.1 Å². The van der Waals surface area contributed by atoms with Gasteiger partial charge in [0.05, 0.1) is 5.41 Å². The fraction of sp³-hybridized carbons (Fsp3) is 0.107. The number of para-hydroxylation sites is 1. The highest BCUT2D eigenvalue weighted by Gasteiger charge is 2.46. The van der Waals surface area contributed by atoms with Gasteiger partial charge in [-0.3, -0.25) is 4.79 Å². The first-order valence-corrected chi connectivity index (χ1v) is 10.2. The van der Waals surface area contributed by atoms with Gasteiger partial charge in [-0.05, 0) is 46.5 Å². The highest BCUT2D eigenvalue weighted by Crippen LogP contribution is 2.43. The Balaban J connectivity index is 1.61. The lowest BCUT2D eigenvalue weighted by molar-refractivity contribution is -0.120. The van der Waals surface area contributed by atoms with E-state index in [0.717, 1.165) is 16.8 Å². The zero-order valence-electron chi connectivity index (χ0n) is 16.6. The fourth-order valence-corrected chi connectivity index (χ4v) is 4.38. The van der Waals surface area contributed by atoms with Crippen LogP contribution >= 0.6 is 0 Å². The second-order valence-corrected chi connectivity index (χ2v) is 7.74. The second-order valence-electron chi connectivity index (χ2n) is 7.74. The topological polar surface area (TPSA) is 29.1 Å². The average Bonchev–Trinajstić information content (AvgIpc) is 3.06. The molecule has 0 unspecified atom stereocenters. The summed E-state index contributed by atoms with van der Waals surface area (Å²) in [5.41, 5.74) is 3.35. The number of carbonyl (C=O) groups is 1. The van der Waals surface area contributed by atoms with Crippen molar-refractivity contribution in [3.8, 4) is 11.8 Å². The van der Waals surface area contributed by atoms with E-state index in [4.69, 9.17) is 0 Å². The molecule has 0 saturated carbocycles. The van der Waals surface area contributed by atoms with Gasteiger partial charge in [0, 0.05) is 17.7 Å². The van der Waals surface area contributed by atoms with Gasteiger partial charge in [0.1, 0.15) is 0 Å². The van der Waals surface area contributed by atoms with Gasteiger partial charge in [-0.15, -0.1) is 0 Å². The van der Waals surface area contributed by atoms with Crippen molar-refractivity contribution in [2.75, 3.05) is 5.32 Å². The lowest BCUT2D eigenvalue weighted by Gasteiger charge is -2.26. The minimum Gasteiger partial charge on any atom is -0.325 e. The Labute approximate surface area is 176 Å². The van der Waals surface area contributed by atoms with E-state index < -0.39 is 5.41 Å². The van der Waals surface area contributed by atoms with Crippen LogP contribution in [0.25, 0.3) is 10.8 Å². The van der Waals surface area contributed by atoms with Gasteiger partial charge in [-0.2, -0.15) is 0 Å². The third-order valence-corrected chi connectivity index (χ3v) is 5.89. The predicted molar refractivity (Wildman–Crippen MR) is 122 cm³/mol. The van der Waals surface area contributed by atoms with E-state index in [-0.39, 0.29) is 5.91 Å². The smallest absolute Gasteiger partial charge is 0.236 e. The summed E-state index contributed by atoms with van der Waals surface area (Å²) in [6.07, 6.45) is 1.08. The monoisotopic (exact) mass is 387 g/mol. The van der Waals surface area contributed by atoms with Crippen LogP contribution in [0.1, 0.15) is 23.1 Å². The molecule has 0 aromatic heterocycles. The molecule has 0 fully saturated rings. The van der Waals surface area contributed by atoms with Gasteiger partial charge in [-0.1, -0.05) is 90.7 Å². The summed E-state index contributed by atoms with van der Waals surface area (Å²) in [4.78, 5) is 13.4. The number of carbonyl (C=O) groups excluding carboxylic acids is 1. The van der Waals surface area contributed by atoms with Crippen molar-refractivity contribution in [1.29, 1.82) is 0 Å². The van der Waals surface area contributed by atoms with Gasteiger partial charge in [0.15, 0.2) is 0 Å². The molecule has 30 heavy (non-hydrogen) atoms. The summed E-state index contributed by atoms with van der Waals surface area (Å²) in [5.74, 6) is 6.58.